The molecule has 2 aromatic rings. The van der Waals surface area contributed by atoms with Crippen LogP contribution in [0.25, 0.3) is 11.4 Å². The predicted molar refractivity (Wildman–Crippen MR) is 117 cm³/mol. The van der Waals surface area contributed by atoms with Crippen LogP contribution < -0.4 is 10.6 Å². The summed E-state index contributed by atoms with van der Waals surface area (Å²) in [4.78, 5) is 11.7. The van der Waals surface area contributed by atoms with Gasteiger partial charge < -0.3 is 15.2 Å². The maximum Gasteiger partial charge on any atom is 0.228 e. The Morgan fingerprint density at radius 2 is 2.21 bits per heavy atom. The summed E-state index contributed by atoms with van der Waals surface area (Å²) >= 11 is 6.04. The van der Waals surface area contributed by atoms with Crippen LogP contribution in [0.1, 0.15) is 33.6 Å². The fraction of sp³-hybridized carbons (Fsp3) is 0.571. The fourth-order valence-corrected chi connectivity index (χ4v) is 3.66. The number of guanidine groups is 1. The van der Waals surface area contributed by atoms with Crippen molar-refractivity contribution in [2.24, 2.45) is 10.9 Å². The van der Waals surface area contributed by atoms with E-state index in [9.17, 15) is 0 Å². The molecule has 1 fully saturated rings. The molecular formula is C21H31ClN6O. The van der Waals surface area contributed by atoms with Gasteiger partial charge in [0.2, 0.25) is 11.7 Å². The standard InChI is InChI=1S/C21H31ClN6O/c1-5-23-21(25-18-13-28(14(2)3)12-15(18)4)24-10-9-19-26-20(27-29-19)16-7-6-8-17(22)11-16/h6-8,11,14-15,18H,5,9-10,12-13H2,1-4H3,(H2,23,24,25). The Balaban J connectivity index is 1.57. The Bertz CT molecular complexity index is 821. The Labute approximate surface area is 177 Å². The Kier molecular flexibility index (Phi) is 7.50. The van der Waals surface area contributed by atoms with Crippen LogP contribution in [0, 0.1) is 5.92 Å². The van der Waals surface area contributed by atoms with Crippen LogP contribution in [-0.2, 0) is 6.42 Å². The zero-order valence-electron chi connectivity index (χ0n) is 17.7. The molecule has 29 heavy (non-hydrogen) atoms. The number of aliphatic imine (C=N–C) groups is 1. The Morgan fingerprint density at radius 3 is 2.90 bits per heavy atom. The van der Waals surface area contributed by atoms with Crippen molar-refractivity contribution < 1.29 is 4.52 Å². The summed E-state index contributed by atoms with van der Waals surface area (Å²) in [5, 5.41) is 11.6. The molecule has 0 amide bonds. The van der Waals surface area contributed by atoms with Crippen molar-refractivity contribution in [3.8, 4) is 11.4 Å². The minimum absolute atomic E-state index is 0.396. The second-order valence-corrected chi connectivity index (χ2v) is 8.24. The highest BCUT2D eigenvalue weighted by atomic mass is 35.5. The molecule has 1 aliphatic rings. The van der Waals surface area contributed by atoms with Crippen molar-refractivity contribution in [3.63, 3.8) is 0 Å². The summed E-state index contributed by atoms with van der Waals surface area (Å²) in [5.74, 6) is 2.53. The molecule has 0 saturated carbocycles. The topological polar surface area (TPSA) is 78.6 Å². The molecule has 0 aliphatic carbocycles. The number of aromatic nitrogens is 2. The summed E-state index contributed by atoms with van der Waals surface area (Å²) < 4.78 is 5.37. The van der Waals surface area contributed by atoms with Crippen molar-refractivity contribution in [3.05, 3.63) is 35.2 Å². The van der Waals surface area contributed by atoms with E-state index in [1.165, 1.54) is 0 Å². The summed E-state index contributed by atoms with van der Waals surface area (Å²) in [6.45, 7) is 12.4. The number of halogens is 1. The molecule has 1 saturated heterocycles. The third-order valence-electron chi connectivity index (χ3n) is 5.18. The highest BCUT2D eigenvalue weighted by molar-refractivity contribution is 6.30. The molecule has 2 atom stereocenters. The summed E-state index contributed by atoms with van der Waals surface area (Å²) in [7, 11) is 0. The third-order valence-corrected chi connectivity index (χ3v) is 5.42. The zero-order chi connectivity index (χ0) is 20.8. The lowest BCUT2D eigenvalue weighted by molar-refractivity contribution is 0.265. The molecule has 1 aromatic heterocycles. The van der Waals surface area contributed by atoms with E-state index in [1.54, 1.807) is 0 Å². The number of nitrogens with zero attached hydrogens (tertiary/aromatic N) is 4. The van der Waals surface area contributed by atoms with Crippen LogP contribution in [0.3, 0.4) is 0 Å². The first-order valence-corrected chi connectivity index (χ1v) is 10.7. The maximum absolute atomic E-state index is 6.04. The number of hydrogen-bond donors (Lipinski definition) is 2. The highest BCUT2D eigenvalue weighted by Crippen LogP contribution is 2.20. The van der Waals surface area contributed by atoms with E-state index >= 15 is 0 Å². The van der Waals surface area contributed by atoms with Crippen LogP contribution in [0.15, 0.2) is 33.8 Å². The molecule has 2 unspecified atom stereocenters. The number of likely N-dealkylation sites (tertiary alicyclic amines) is 1. The average Bonchev–Trinajstić information content (AvgIpc) is 3.29. The molecule has 1 aromatic carbocycles. The van der Waals surface area contributed by atoms with Gasteiger partial charge >= 0.3 is 0 Å². The van der Waals surface area contributed by atoms with Crippen molar-refractivity contribution in [2.75, 3.05) is 26.2 Å². The number of rotatable bonds is 7. The second kappa shape index (κ2) is 10.1. The van der Waals surface area contributed by atoms with Gasteiger partial charge in [0.25, 0.3) is 0 Å². The Morgan fingerprint density at radius 1 is 1.38 bits per heavy atom. The zero-order valence-corrected chi connectivity index (χ0v) is 18.4. The largest absolute Gasteiger partial charge is 0.357 e. The van der Waals surface area contributed by atoms with Gasteiger partial charge in [-0.3, -0.25) is 9.89 Å². The fourth-order valence-electron chi connectivity index (χ4n) is 3.47. The van der Waals surface area contributed by atoms with E-state index in [4.69, 9.17) is 21.1 Å². The van der Waals surface area contributed by atoms with Crippen LogP contribution in [0.4, 0.5) is 0 Å². The molecule has 2 heterocycles. The third kappa shape index (κ3) is 5.93. The first kappa shape index (κ1) is 21.6. The first-order valence-electron chi connectivity index (χ1n) is 10.3. The van der Waals surface area contributed by atoms with Crippen LogP contribution >= 0.6 is 11.6 Å². The minimum atomic E-state index is 0.396. The number of hydrogen-bond acceptors (Lipinski definition) is 5. The number of nitrogens with one attached hydrogen (secondary N) is 2. The maximum atomic E-state index is 6.04. The predicted octanol–water partition coefficient (Wildman–Crippen LogP) is 3.22. The molecule has 0 spiro atoms. The van der Waals surface area contributed by atoms with Gasteiger partial charge in [0.1, 0.15) is 0 Å². The van der Waals surface area contributed by atoms with Crippen LogP contribution in [0.5, 0.6) is 0 Å². The van der Waals surface area contributed by atoms with E-state index in [2.05, 4.69) is 53.4 Å². The van der Waals surface area contributed by atoms with Crippen LogP contribution in [0.2, 0.25) is 5.02 Å². The van der Waals surface area contributed by atoms with Gasteiger partial charge in [-0.15, -0.1) is 0 Å². The van der Waals surface area contributed by atoms with E-state index in [0.29, 0.717) is 47.7 Å². The van der Waals surface area contributed by atoms with Gasteiger partial charge in [-0.2, -0.15) is 4.98 Å². The molecule has 2 N–H and O–H groups in total. The molecule has 3 rings (SSSR count). The van der Waals surface area contributed by atoms with Gasteiger partial charge in [0.15, 0.2) is 5.96 Å². The lowest BCUT2D eigenvalue weighted by Crippen LogP contribution is -2.47. The summed E-state index contributed by atoms with van der Waals surface area (Å²) in [6, 6.07) is 8.39. The molecule has 158 valence electrons. The van der Waals surface area contributed by atoms with E-state index in [0.717, 1.165) is 31.2 Å². The normalized spacial score (nSPS) is 20.4. The van der Waals surface area contributed by atoms with E-state index < -0.39 is 0 Å². The van der Waals surface area contributed by atoms with Gasteiger partial charge in [0, 0.05) is 48.7 Å². The molecule has 1 aliphatic heterocycles. The average molecular weight is 419 g/mol. The van der Waals surface area contributed by atoms with Gasteiger partial charge in [-0.05, 0) is 38.8 Å². The van der Waals surface area contributed by atoms with Gasteiger partial charge in [-0.1, -0.05) is 35.8 Å². The van der Waals surface area contributed by atoms with E-state index in [-0.39, 0.29) is 0 Å². The van der Waals surface area contributed by atoms with E-state index in [1.807, 2.05) is 24.3 Å². The summed E-state index contributed by atoms with van der Waals surface area (Å²) in [6.07, 6.45) is 0.586. The molecule has 8 heteroatoms. The monoisotopic (exact) mass is 418 g/mol. The minimum Gasteiger partial charge on any atom is -0.357 e. The van der Waals surface area contributed by atoms with Crippen molar-refractivity contribution in [1.82, 2.24) is 25.7 Å². The van der Waals surface area contributed by atoms with Crippen molar-refractivity contribution in [2.45, 2.75) is 46.2 Å². The van der Waals surface area contributed by atoms with Gasteiger partial charge in [-0.25, -0.2) is 0 Å². The lowest BCUT2D eigenvalue weighted by Gasteiger charge is -2.21. The van der Waals surface area contributed by atoms with Gasteiger partial charge in [0.05, 0.1) is 6.54 Å². The SMILES string of the molecule is CCNC(=NCCc1nc(-c2cccc(Cl)c2)no1)NC1CN(C(C)C)CC1C. The molecule has 0 radical (unpaired) electrons. The molecular weight excluding hydrogens is 388 g/mol. The lowest BCUT2D eigenvalue weighted by atomic mass is 10.1. The summed E-state index contributed by atoms with van der Waals surface area (Å²) in [5.41, 5.74) is 0.843. The Hall–Kier alpha value is -2.12. The van der Waals surface area contributed by atoms with Crippen molar-refractivity contribution >= 4 is 17.6 Å². The molecule has 7 nitrogen and oxygen atoms in total. The molecule has 0 bridgehead atoms. The highest BCUT2D eigenvalue weighted by Gasteiger charge is 2.31. The smallest absolute Gasteiger partial charge is 0.228 e. The quantitative estimate of drug-likeness (QED) is 0.531. The number of benzene rings is 1. The first-order chi connectivity index (χ1) is 14.0. The van der Waals surface area contributed by atoms with Crippen molar-refractivity contribution in [1.29, 1.82) is 0 Å². The van der Waals surface area contributed by atoms with Crippen LogP contribution in [-0.4, -0.2) is 59.3 Å². The second-order valence-electron chi connectivity index (χ2n) is 7.81.